The van der Waals surface area contributed by atoms with Gasteiger partial charge in [-0.15, -0.1) is 0 Å². The second-order valence-corrected chi connectivity index (χ2v) is 8.63. The molecule has 3 rings (SSSR count). The quantitative estimate of drug-likeness (QED) is 0.767. The van der Waals surface area contributed by atoms with Crippen LogP contribution in [0.5, 0.6) is 0 Å². The fourth-order valence-electron chi connectivity index (χ4n) is 3.47. The molecule has 2 amide bonds. The molecule has 3 fully saturated rings. The van der Waals surface area contributed by atoms with Gasteiger partial charge in [0, 0.05) is 45.4 Å². The first-order valence-corrected chi connectivity index (χ1v) is 9.94. The Kier molecular flexibility index (Phi) is 4.89. The fraction of sp³-hybridized carbons (Fsp3) is 0.929. The Morgan fingerprint density at radius 2 is 1.95 bits per heavy atom. The van der Waals surface area contributed by atoms with Gasteiger partial charge in [0.25, 0.3) is 0 Å². The maximum absolute atomic E-state index is 12.1. The monoisotopic (exact) mass is 331 g/mol. The summed E-state index contributed by atoms with van der Waals surface area (Å²) < 4.78 is 28.6. The van der Waals surface area contributed by atoms with Crippen LogP contribution in [-0.4, -0.2) is 87.2 Å². The summed E-state index contributed by atoms with van der Waals surface area (Å²) in [6.45, 7) is 4.21. The Morgan fingerprint density at radius 3 is 2.55 bits per heavy atom. The van der Waals surface area contributed by atoms with Crippen LogP contribution < -0.4 is 5.32 Å². The van der Waals surface area contributed by atoms with Crippen molar-refractivity contribution in [2.75, 3.05) is 50.8 Å². The van der Waals surface area contributed by atoms with Gasteiger partial charge in [-0.25, -0.2) is 13.2 Å². The van der Waals surface area contributed by atoms with Gasteiger partial charge < -0.3 is 15.0 Å². The predicted octanol–water partition coefficient (Wildman–Crippen LogP) is -0.320. The van der Waals surface area contributed by atoms with Crippen LogP contribution in [0.2, 0.25) is 0 Å². The number of hydrogen-bond donors (Lipinski definition) is 1. The zero-order chi connectivity index (χ0) is 15.6. The Hall–Kier alpha value is -0.860. The standard InChI is InChI=1S/C14H25N3O4S/c18-14(15-10-13-2-1-8-21-13)17-6-4-16(5-7-17)12-3-9-22(19,20)11-12/h12-13H,1-11H2,(H,15,18). The number of nitrogens with one attached hydrogen (secondary N) is 1. The second-order valence-electron chi connectivity index (χ2n) is 6.40. The molecule has 0 saturated carbocycles. The molecular weight excluding hydrogens is 306 g/mol. The molecule has 126 valence electrons. The maximum Gasteiger partial charge on any atom is 0.317 e. The summed E-state index contributed by atoms with van der Waals surface area (Å²) in [5, 5.41) is 2.94. The van der Waals surface area contributed by atoms with Crippen molar-refractivity contribution < 1.29 is 17.9 Å². The van der Waals surface area contributed by atoms with Crippen LogP contribution in [-0.2, 0) is 14.6 Å². The smallest absolute Gasteiger partial charge is 0.317 e. The maximum atomic E-state index is 12.1. The Labute approximate surface area is 131 Å². The minimum absolute atomic E-state index is 0.0332. The largest absolute Gasteiger partial charge is 0.376 e. The van der Waals surface area contributed by atoms with Crippen LogP contribution in [0.3, 0.4) is 0 Å². The molecular formula is C14H25N3O4S. The second kappa shape index (κ2) is 6.72. The zero-order valence-electron chi connectivity index (χ0n) is 12.9. The molecule has 0 aromatic rings. The Balaban J connectivity index is 1.40. The molecule has 3 aliphatic heterocycles. The van der Waals surface area contributed by atoms with Crippen LogP contribution in [0.1, 0.15) is 19.3 Å². The van der Waals surface area contributed by atoms with Crippen molar-refractivity contribution >= 4 is 15.9 Å². The minimum Gasteiger partial charge on any atom is -0.376 e. The third kappa shape index (κ3) is 3.91. The van der Waals surface area contributed by atoms with Gasteiger partial charge in [-0.05, 0) is 19.3 Å². The molecule has 0 aromatic heterocycles. The van der Waals surface area contributed by atoms with E-state index in [4.69, 9.17) is 4.74 Å². The molecule has 0 aromatic carbocycles. The van der Waals surface area contributed by atoms with Crippen molar-refractivity contribution in [3.05, 3.63) is 0 Å². The highest BCUT2D eigenvalue weighted by Gasteiger charge is 2.34. The average molecular weight is 331 g/mol. The number of piperazine rings is 1. The predicted molar refractivity (Wildman–Crippen MR) is 82.6 cm³/mol. The molecule has 0 aliphatic carbocycles. The van der Waals surface area contributed by atoms with E-state index in [0.717, 1.165) is 39.0 Å². The van der Waals surface area contributed by atoms with Gasteiger partial charge in [0.2, 0.25) is 0 Å². The van der Waals surface area contributed by atoms with Gasteiger partial charge in [-0.1, -0.05) is 0 Å². The molecule has 3 aliphatic rings. The lowest BCUT2D eigenvalue weighted by Gasteiger charge is -2.37. The molecule has 8 heteroatoms. The zero-order valence-corrected chi connectivity index (χ0v) is 13.7. The summed E-state index contributed by atoms with van der Waals surface area (Å²) in [5.74, 6) is 0.581. The first kappa shape index (κ1) is 16.0. The van der Waals surface area contributed by atoms with E-state index < -0.39 is 9.84 Å². The van der Waals surface area contributed by atoms with Gasteiger partial charge in [-0.3, -0.25) is 4.90 Å². The lowest BCUT2D eigenvalue weighted by atomic mass is 10.2. The normalized spacial score (nSPS) is 32.3. The van der Waals surface area contributed by atoms with Gasteiger partial charge in [-0.2, -0.15) is 0 Å². The van der Waals surface area contributed by atoms with Gasteiger partial charge >= 0.3 is 6.03 Å². The summed E-state index contributed by atoms with van der Waals surface area (Å²) in [6.07, 6.45) is 2.98. The van der Waals surface area contributed by atoms with E-state index in [1.807, 2.05) is 4.90 Å². The summed E-state index contributed by atoms with van der Waals surface area (Å²) in [5.41, 5.74) is 0. The molecule has 2 unspecified atom stereocenters. The van der Waals surface area contributed by atoms with E-state index in [9.17, 15) is 13.2 Å². The van der Waals surface area contributed by atoms with Crippen LogP contribution >= 0.6 is 0 Å². The molecule has 0 radical (unpaired) electrons. The van der Waals surface area contributed by atoms with Crippen LogP contribution in [0, 0.1) is 0 Å². The number of ether oxygens (including phenoxy) is 1. The van der Waals surface area contributed by atoms with Gasteiger partial charge in [0.15, 0.2) is 9.84 Å². The Morgan fingerprint density at radius 1 is 1.18 bits per heavy atom. The van der Waals surface area contributed by atoms with E-state index in [1.54, 1.807) is 0 Å². The van der Waals surface area contributed by atoms with E-state index in [2.05, 4.69) is 10.2 Å². The lowest BCUT2D eigenvalue weighted by molar-refractivity contribution is 0.0990. The molecule has 7 nitrogen and oxygen atoms in total. The topological polar surface area (TPSA) is 79.0 Å². The summed E-state index contributed by atoms with van der Waals surface area (Å²) in [4.78, 5) is 16.2. The fourth-order valence-corrected chi connectivity index (χ4v) is 5.23. The van der Waals surface area contributed by atoms with E-state index >= 15 is 0 Å². The molecule has 22 heavy (non-hydrogen) atoms. The summed E-state index contributed by atoms with van der Waals surface area (Å²) >= 11 is 0. The van der Waals surface area contributed by atoms with Gasteiger partial charge in [0.05, 0.1) is 17.6 Å². The number of rotatable bonds is 3. The highest BCUT2D eigenvalue weighted by molar-refractivity contribution is 7.91. The average Bonchev–Trinajstić information content (AvgIpc) is 3.14. The Bertz CT molecular complexity index is 496. The van der Waals surface area contributed by atoms with Crippen molar-refractivity contribution in [3.63, 3.8) is 0 Å². The van der Waals surface area contributed by atoms with E-state index in [0.29, 0.717) is 25.4 Å². The van der Waals surface area contributed by atoms with Crippen LogP contribution in [0.15, 0.2) is 0 Å². The number of sulfone groups is 1. The molecule has 3 saturated heterocycles. The number of nitrogens with zero attached hydrogens (tertiary/aromatic N) is 2. The number of hydrogen-bond acceptors (Lipinski definition) is 5. The third-order valence-corrected chi connectivity index (χ3v) is 6.58. The third-order valence-electron chi connectivity index (χ3n) is 4.83. The first-order chi connectivity index (χ1) is 10.5. The SMILES string of the molecule is O=C(NCC1CCCO1)N1CCN(C2CCS(=O)(=O)C2)CC1. The van der Waals surface area contributed by atoms with Gasteiger partial charge in [0.1, 0.15) is 0 Å². The number of carbonyl (C=O) groups excluding carboxylic acids is 1. The molecule has 0 bridgehead atoms. The van der Waals surface area contributed by atoms with Crippen LogP contribution in [0.4, 0.5) is 4.79 Å². The van der Waals surface area contributed by atoms with Crippen molar-refractivity contribution in [2.24, 2.45) is 0 Å². The van der Waals surface area contributed by atoms with E-state index in [-0.39, 0.29) is 23.9 Å². The molecule has 3 heterocycles. The van der Waals surface area contributed by atoms with Crippen molar-refractivity contribution in [3.8, 4) is 0 Å². The highest BCUT2D eigenvalue weighted by Crippen LogP contribution is 2.19. The summed E-state index contributed by atoms with van der Waals surface area (Å²) in [7, 11) is -2.84. The van der Waals surface area contributed by atoms with Crippen molar-refractivity contribution in [2.45, 2.75) is 31.4 Å². The molecule has 2 atom stereocenters. The highest BCUT2D eigenvalue weighted by atomic mass is 32.2. The number of carbonyl (C=O) groups is 1. The lowest BCUT2D eigenvalue weighted by Crippen LogP contribution is -2.55. The van der Waals surface area contributed by atoms with E-state index in [1.165, 1.54) is 0 Å². The number of amides is 2. The first-order valence-electron chi connectivity index (χ1n) is 8.12. The van der Waals surface area contributed by atoms with Crippen molar-refractivity contribution in [1.29, 1.82) is 0 Å². The molecule has 0 spiro atoms. The van der Waals surface area contributed by atoms with Crippen LogP contribution in [0.25, 0.3) is 0 Å². The number of urea groups is 1. The minimum atomic E-state index is -2.84. The molecule has 1 N–H and O–H groups in total. The van der Waals surface area contributed by atoms with Crippen molar-refractivity contribution in [1.82, 2.24) is 15.1 Å². The summed E-state index contributed by atoms with van der Waals surface area (Å²) in [6, 6.07) is 0.108.